The van der Waals surface area contributed by atoms with Gasteiger partial charge in [-0.25, -0.2) is 4.98 Å². The lowest BCUT2D eigenvalue weighted by atomic mass is 10.3. The number of para-hydroxylation sites is 2. The zero-order valence-electron chi connectivity index (χ0n) is 10.9. The molecular formula is C14H18N4O. The van der Waals surface area contributed by atoms with Gasteiger partial charge in [-0.3, -0.25) is 4.79 Å². The van der Waals surface area contributed by atoms with Crippen LogP contribution in [0.25, 0.3) is 11.0 Å². The predicted octanol–water partition coefficient (Wildman–Crippen LogP) is 0.858. The molecule has 0 saturated carbocycles. The molecule has 1 aromatic heterocycles. The van der Waals surface area contributed by atoms with Crippen molar-refractivity contribution < 1.29 is 4.79 Å². The number of imidazole rings is 1. The Balaban J connectivity index is 1.75. The molecule has 1 amide bonds. The van der Waals surface area contributed by atoms with Gasteiger partial charge in [0.25, 0.3) is 0 Å². The first kappa shape index (κ1) is 12.2. The van der Waals surface area contributed by atoms with Crippen LogP contribution in [-0.2, 0) is 11.3 Å². The molecule has 1 fully saturated rings. The molecule has 0 bridgehead atoms. The molecule has 2 aromatic rings. The first-order chi connectivity index (χ1) is 9.34. The molecule has 1 aliphatic heterocycles. The molecule has 5 nitrogen and oxygen atoms in total. The van der Waals surface area contributed by atoms with Crippen molar-refractivity contribution in [3.8, 4) is 0 Å². The van der Waals surface area contributed by atoms with Crippen molar-refractivity contribution in [2.45, 2.75) is 13.0 Å². The van der Waals surface area contributed by atoms with Crippen LogP contribution in [0, 0.1) is 0 Å². The molecule has 1 saturated heterocycles. The Bertz CT molecular complexity index is 570. The number of nitrogens with one attached hydrogen (secondary N) is 1. The summed E-state index contributed by atoms with van der Waals surface area (Å²) >= 11 is 0. The molecule has 0 unspecified atom stereocenters. The van der Waals surface area contributed by atoms with E-state index in [0.29, 0.717) is 6.54 Å². The predicted molar refractivity (Wildman–Crippen MR) is 73.8 cm³/mol. The van der Waals surface area contributed by atoms with Crippen LogP contribution in [0.15, 0.2) is 30.6 Å². The molecule has 19 heavy (non-hydrogen) atoms. The SMILES string of the molecule is O=C(Cn1cnc2ccccc21)N1CCCNCC1. The van der Waals surface area contributed by atoms with E-state index < -0.39 is 0 Å². The van der Waals surface area contributed by atoms with Gasteiger partial charge in [-0.1, -0.05) is 12.1 Å². The van der Waals surface area contributed by atoms with Gasteiger partial charge >= 0.3 is 0 Å². The van der Waals surface area contributed by atoms with E-state index in [1.807, 2.05) is 33.7 Å². The minimum absolute atomic E-state index is 0.173. The molecule has 0 atom stereocenters. The van der Waals surface area contributed by atoms with Crippen LogP contribution in [0.1, 0.15) is 6.42 Å². The summed E-state index contributed by atoms with van der Waals surface area (Å²) in [5.41, 5.74) is 1.96. The second-order valence-corrected chi connectivity index (χ2v) is 4.85. The van der Waals surface area contributed by atoms with E-state index in [-0.39, 0.29) is 5.91 Å². The van der Waals surface area contributed by atoms with Gasteiger partial charge in [0.05, 0.1) is 17.4 Å². The van der Waals surface area contributed by atoms with Gasteiger partial charge in [0, 0.05) is 19.6 Å². The number of carbonyl (C=O) groups is 1. The Morgan fingerprint density at radius 3 is 3.11 bits per heavy atom. The lowest BCUT2D eigenvalue weighted by Crippen LogP contribution is -2.36. The fraction of sp³-hybridized carbons (Fsp3) is 0.429. The summed E-state index contributed by atoms with van der Waals surface area (Å²) in [6, 6.07) is 7.90. The summed E-state index contributed by atoms with van der Waals surface area (Å²) in [7, 11) is 0. The van der Waals surface area contributed by atoms with E-state index in [1.54, 1.807) is 6.33 Å². The van der Waals surface area contributed by atoms with E-state index in [0.717, 1.165) is 43.6 Å². The number of amides is 1. The highest BCUT2D eigenvalue weighted by atomic mass is 16.2. The summed E-state index contributed by atoms with van der Waals surface area (Å²) in [4.78, 5) is 18.6. The Labute approximate surface area is 112 Å². The zero-order valence-corrected chi connectivity index (χ0v) is 10.9. The fourth-order valence-corrected chi connectivity index (χ4v) is 2.48. The average Bonchev–Trinajstić information content (AvgIpc) is 2.66. The van der Waals surface area contributed by atoms with Gasteiger partial charge in [-0.05, 0) is 25.1 Å². The largest absolute Gasteiger partial charge is 0.340 e. The minimum atomic E-state index is 0.173. The highest BCUT2D eigenvalue weighted by Crippen LogP contribution is 2.12. The van der Waals surface area contributed by atoms with Crippen molar-refractivity contribution in [2.24, 2.45) is 0 Å². The summed E-state index contributed by atoms with van der Waals surface area (Å²) in [6.45, 7) is 3.90. The van der Waals surface area contributed by atoms with Gasteiger partial charge in [0.15, 0.2) is 0 Å². The number of hydrogen-bond donors (Lipinski definition) is 1. The van der Waals surface area contributed by atoms with Gasteiger partial charge < -0.3 is 14.8 Å². The lowest BCUT2D eigenvalue weighted by molar-refractivity contribution is -0.131. The molecule has 0 spiro atoms. The molecule has 2 heterocycles. The molecular weight excluding hydrogens is 240 g/mol. The van der Waals surface area contributed by atoms with Crippen molar-refractivity contribution in [3.63, 3.8) is 0 Å². The van der Waals surface area contributed by atoms with E-state index in [4.69, 9.17) is 0 Å². The van der Waals surface area contributed by atoms with Crippen molar-refractivity contribution in [1.82, 2.24) is 19.8 Å². The topological polar surface area (TPSA) is 50.2 Å². The monoisotopic (exact) mass is 258 g/mol. The van der Waals surface area contributed by atoms with Crippen molar-refractivity contribution in [3.05, 3.63) is 30.6 Å². The second kappa shape index (κ2) is 5.40. The number of nitrogens with zero attached hydrogens (tertiary/aromatic N) is 3. The highest BCUT2D eigenvalue weighted by Gasteiger charge is 2.16. The van der Waals surface area contributed by atoms with Crippen molar-refractivity contribution >= 4 is 16.9 Å². The quantitative estimate of drug-likeness (QED) is 0.869. The van der Waals surface area contributed by atoms with Gasteiger partial charge in [-0.2, -0.15) is 0 Å². The minimum Gasteiger partial charge on any atom is -0.340 e. The third-order valence-electron chi connectivity index (χ3n) is 3.53. The molecule has 5 heteroatoms. The zero-order chi connectivity index (χ0) is 13.1. The fourth-order valence-electron chi connectivity index (χ4n) is 2.48. The number of rotatable bonds is 2. The van der Waals surface area contributed by atoms with Crippen molar-refractivity contribution in [1.29, 1.82) is 0 Å². The highest BCUT2D eigenvalue weighted by molar-refractivity contribution is 5.80. The number of aromatic nitrogens is 2. The van der Waals surface area contributed by atoms with Crippen LogP contribution < -0.4 is 5.32 Å². The normalized spacial score (nSPS) is 16.5. The van der Waals surface area contributed by atoms with Crippen LogP contribution in [0.3, 0.4) is 0 Å². The summed E-state index contributed by atoms with van der Waals surface area (Å²) in [5, 5.41) is 3.31. The van der Waals surface area contributed by atoms with Gasteiger partial charge in [0.1, 0.15) is 6.54 Å². The van der Waals surface area contributed by atoms with Crippen LogP contribution >= 0.6 is 0 Å². The van der Waals surface area contributed by atoms with E-state index in [1.165, 1.54) is 0 Å². The molecule has 1 aliphatic rings. The number of hydrogen-bond acceptors (Lipinski definition) is 3. The molecule has 100 valence electrons. The maximum Gasteiger partial charge on any atom is 0.242 e. The molecule has 1 aromatic carbocycles. The molecule has 0 aliphatic carbocycles. The first-order valence-corrected chi connectivity index (χ1v) is 6.73. The van der Waals surface area contributed by atoms with E-state index in [9.17, 15) is 4.79 Å². The number of carbonyl (C=O) groups excluding carboxylic acids is 1. The Hall–Kier alpha value is -1.88. The lowest BCUT2D eigenvalue weighted by Gasteiger charge is -2.20. The average molecular weight is 258 g/mol. The van der Waals surface area contributed by atoms with Gasteiger partial charge in [-0.15, -0.1) is 0 Å². The first-order valence-electron chi connectivity index (χ1n) is 6.73. The summed E-state index contributed by atoms with van der Waals surface area (Å²) in [6.07, 6.45) is 2.77. The van der Waals surface area contributed by atoms with Crippen LogP contribution in [0.2, 0.25) is 0 Å². The van der Waals surface area contributed by atoms with E-state index in [2.05, 4.69) is 10.3 Å². The third-order valence-corrected chi connectivity index (χ3v) is 3.53. The van der Waals surface area contributed by atoms with Crippen LogP contribution in [0.5, 0.6) is 0 Å². The standard InChI is InChI=1S/C14H18N4O/c19-14(17-8-3-6-15-7-9-17)10-18-11-16-12-4-1-2-5-13(12)18/h1-2,4-5,11,15H,3,6-10H2. The third kappa shape index (κ3) is 2.61. The maximum absolute atomic E-state index is 12.3. The van der Waals surface area contributed by atoms with Crippen molar-refractivity contribution in [2.75, 3.05) is 26.2 Å². The van der Waals surface area contributed by atoms with Crippen LogP contribution in [-0.4, -0.2) is 46.5 Å². The maximum atomic E-state index is 12.3. The van der Waals surface area contributed by atoms with E-state index >= 15 is 0 Å². The Morgan fingerprint density at radius 2 is 2.16 bits per heavy atom. The van der Waals surface area contributed by atoms with Gasteiger partial charge in [0.2, 0.25) is 5.91 Å². The Kier molecular flexibility index (Phi) is 3.46. The summed E-state index contributed by atoms with van der Waals surface area (Å²) < 4.78 is 1.93. The second-order valence-electron chi connectivity index (χ2n) is 4.85. The number of benzene rings is 1. The van der Waals surface area contributed by atoms with Crippen LogP contribution in [0.4, 0.5) is 0 Å². The molecule has 0 radical (unpaired) electrons. The number of fused-ring (bicyclic) bond motifs is 1. The Morgan fingerprint density at radius 1 is 1.26 bits per heavy atom. The molecule has 3 rings (SSSR count). The summed E-state index contributed by atoms with van der Waals surface area (Å²) in [5.74, 6) is 0.173. The molecule has 1 N–H and O–H groups in total. The smallest absolute Gasteiger partial charge is 0.242 e.